The lowest BCUT2D eigenvalue weighted by Gasteiger charge is -2.16. The highest BCUT2D eigenvalue weighted by atomic mass is 127. The average Bonchev–Trinajstić information content (AvgIpc) is 2.69. The third-order valence-corrected chi connectivity index (χ3v) is 3.86. The van der Waals surface area contributed by atoms with Crippen LogP contribution in [0.1, 0.15) is 11.1 Å². The zero-order valence-electron chi connectivity index (χ0n) is 16.1. The number of hydrogen-bond acceptors (Lipinski definition) is 4. The number of halogens is 3. The third-order valence-electron chi connectivity index (χ3n) is 3.86. The van der Waals surface area contributed by atoms with E-state index >= 15 is 0 Å². The maximum absolute atomic E-state index is 13.7. The molecule has 0 fully saturated rings. The Morgan fingerprint density at radius 2 is 1.54 bits per heavy atom. The molecule has 0 aliphatic carbocycles. The molecule has 0 aromatic heterocycles. The highest BCUT2D eigenvalue weighted by Crippen LogP contribution is 2.38. The van der Waals surface area contributed by atoms with Crippen molar-refractivity contribution in [2.75, 3.05) is 28.4 Å². The van der Waals surface area contributed by atoms with Crippen LogP contribution in [0.15, 0.2) is 35.3 Å². The van der Waals surface area contributed by atoms with Crippen LogP contribution in [0.5, 0.6) is 17.2 Å². The Morgan fingerprint density at radius 3 is 2.07 bits per heavy atom. The van der Waals surface area contributed by atoms with Crippen molar-refractivity contribution in [2.24, 2.45) is 4.99 Å². The molecule has 2 aromatic rings. The molecule has 0 amide bonds. The summed E-state index contributed by atoms with van der Waals surface area (Å²) in [6.45, 7) is 0.501. The molecule has 0 aliphatic rings. The largest absolute Gasteiger partial charge is 0.493 e. The van der Waals surface area contributed by atoms with Crippen molar-refractivity contribution in [3.05, 3.63) is 53.1 Å². The summed E-state index contributed by atoms with van der Waals surface area (Å²) in [5.74, 6) is 1.05. The van der Waals surface area contributed by atoms with Crippen LogP contribution in [0, 0.1) is 11.6 Å². The Bertz CT molecular complexity index is 794. The van der Waals surface area contributed by atoms with Crippen LogP contribution in [-0.2, 0) is 13.1 Å². The summed E-state index contributed by atoms with van der Waals surface area (Å²) in [6, 6.07) is 6.95. The van der Waals surface area contributed by atoms with E-state index in [0.29, 0.717) is 29.8 Å². The molecule has 2 aromatic carbocycles. The minimum absolute atomic E-state index is 0. The number of methoxy groups -OCH3 is 3. The number of aliphatic imine (C=N–C) groups is 1. The van der Waals surface area contributed by atoms with Crippen molar-refractivity contribution in [1.82, 2.24) is 10.6 Å². The van der Waals surface area contributed by atoms with E-state index in [4.69, 9.17) is 14.2 Å². The molecular formula is C19H24F2IN3O3. The molecule has 0 bridgehead atoms. The zero-order chi connectivity index (χ0) is 19.8. The summed E-state index contributed by atoms with van der Waals surface area (Å²) in [5.41, 5.74) is 1.08. The van der Waals surface area contributed by atoms with Gasteiger partial charge < -0.3 is 24.8 Å². The maximum atomic E-state index is 13.7. The number of ether oxygens (including phenoxy) is 3. The van der Waals surface area contributed by atoms with Gasteiger partial charge in [-0.1, -0.05) is 0 Å². The quantitative estimate of drug-likeness (QED) is 0.342. The van der Waals surface area contributed by atoms with Crippen LogP contribution in [-0.4, -0.2) is 34.3 Å². The summed E-state index contributed by atoms with van der Waals surface area (Å²) in [5, 5.41) is 6.05. The van der Waals surface area contributed by atoms with Crippen LogP contribution in [0.4, 0.5) is 8.78 Å². The monoisotopic (exact) mass is 507 g/mol. The Labute approximate surface area is 180 Å². The smallest absolute Gasteiger partial charge is 0.203 e. The predicted octanol–water partition coefficient (Wildman–Crippen LogP) is 3.47. The van der Waals surface area contributed by atoms with Crippen LogP contribution in [0.2, 0.25) is 0 Å². The van der Waals surface area contributed by atoms with Crippen LogP contribution in [0.3, 0.4) is 0 Å². The molecule has 0 atom stereocenters. The SMILES string of the molecule is CN=C(NCc1cc(OC)c(OC)c(OC)c1)NCc1cc(F)ccc1F.I. The molecule has 2 N–H and O–H groups in total. The summed E-state index contributed by atoms with van der Waals surface area (Å²) in [6.07, 6.45) is 0. The fourth-order valence-electron chi connectivity index (χ4n) is 2.50. The predicted molar refractivity (Wildman–Crippen MR) is 115 cm³/mol. The Hall–Kier alpha value is -2.30. The van der Waals surface area contributed by atoms with Gasteiger partial charge in [0.1, 0.15) is 11.6 Å². The third kappa shape index (κ3) is 6.11. The minimum atomic E-state index is -0.492. The van der Waals surface area contributed by atoms with Gasteiger partial charge in [-0.2, -0.15) is 0 Å². The van der Waals surface area contributed by atoms with E-state index in [9.17, 15) is 8.78 Å². The van der Waals surface area contributed by atoms with Gasteiger partial charge in [0.15, 0.2) is 17.5 Å². The fourth-order valence-corrected chi connectivity index (χ4v) is 2.50. The maximum Gasteiger partial charge on any atom is 0.203 e. The normalized spacial score (nSPS) is 10.7. The molecule has 0 spiro atoms. The Kier molecular flexibility index (Phi) is 9.77. The van der Waals surface area contributed by atoms with Gasteiger partial charge in [-0.25, -0.2) is 8.78 Å². The summed E-state index contributed by atoms with van der Waals surface area (Å²) < 4.78 is 42.9. The van der Waals surface area contributed by atoms with Gasteiger partial charge in [0.25, 0.3) is 0 Å². The molecule has 9 heteroatoms. The molecule has 2 rings (SSSR count). The van der Waals surface area contributed by atoms with Crippen LogP contribution in [0.25, 0.3) is 0 Å². The van der Waals surface area contributed by atoms with E-state index in [2.05, 4.69) is 15.6 Å². The number of guanidine groups is 1. The molecule has 0 saturated carbocycles. The van der Waals surface area contributed by atoms with Gasteiger partial charge in [-0.3, -0.25) is 4.99 Å². The van der Waals surface area contributed by atoms with Gasteiger partial charge in [0, 0.05) is 25.7 Å². The average molecular weight is 507 g/mol. The van der Waals surface area contributed by atoms with Crippen molar-refractivity contribution >= 4 is 29.9 Å². The molecular weight excluding hydrogens is 483 g/mol. The number of benzene rings is 2. The zero-order valence-corrected chi connectivity index (χ0v) is 18.5. The minimum Gasteiger partial charge on any atom is -0.493 e. The van der Waals surface area contributed by atoms with Gasteiger partial charge in [0.05, 0.1) is 21.3 Å². The van der Waals surface area contributed by atoms with E-state index in [0.717, 1.165) is 23.8 Å². The highest BCUT2D eigenvalue weighted by Gasteiger charge is 2.13. The van der Waals surface area contributed by atoms with E-state index in [1.807, 2.05) is 12.1 Å². The van der Waals surface area contributed by atoms with Gasteiger partial charge in [-0.15, -0.1) is 24.0 Å². The molecule has 154 valence electrons. The molecule has 0 heterocycles. The lowest BCUT2D eigenvalue weighted by molar-refractivity contribution is 0.323. The summed E-state index contributed by atoms with van der Waals surface area (Å²) in [4.78, 5) is 4.08. The van der Waals surface area contributed by atoms with Crippen LogP contribution >= 0.6 is 24.0 Å². The second kappa shape index (κ2) is 11.5. The molecule has 0 saturated heterocycles. The molecule has 0 unspecified atom stereocenters. The standard InChI is InChI=1S/C19H23F2N3O3.HI/c1-22-19(24-11-13-9-14(20)5-6-15(13)21)23-10-12-7-16(25-2)18(27-4)17(8-12)26-3;/h5-9H,10-11H2,1-4H3,(H2,22,23,24);1H. The van der Waals surface area contributed by atoms with Crippen molar-refractivity contribution in [3.8, 4) is 17.2 Å². The van der Waals surface area contributed by atoms with Gasteiger partial charge in [0.2, 0.25) is 5.75 Å². The lowest BCUT2D eigenvalue weighted by atomic mass is 10.2. The van der Waals surface area contributed by atoms with E-state index in [1.165, 1.54) is 7.11 Å². The van der Waals surface area contributed by atoms with E-state index in [-0.39, 0.29) is 36.1 Å². The van der Waals surface area contributed by atoms with Gasteiger partial charge in [-0.05, 0) is 35.9 Å². The molecule has 28 heavy (non-hydrogen) atoms. The fraction of sp³-hybridized carbons (Fsp3) is 0.316. The molecule has 0 aliphatic heterocycles. The van der Waals surface area contributed by atoms with Crippen molar-refractivity contribution in [1.29, 1.82) is 0 Å². The summed E-state index contributed by atoms with van der Waals surface area (Å²) >= 11 is 0. The lowest BCUT2D eigenvalue weighted by Crippen LogP contribution is -2.36. The summed E-state index contributed by atoms with van der Waals surface area (Å²) in [7, 11) is 6.22. The van der Waals surface area contributed by atoms with Crippen LogP contribution < -0.4 is 24.8 Å². The number of nitrogens with zero attached hydrogens (tertiary/aromatic N) is 1. The molecule has 6 nitrogen and oxygen atoms in total. The van der Waals surface area contributed by atoms with Crippen molar-refractivity contribution in [3.63, 3.8) is 0 Å². The highest BCUT2D eigenvalue weighted by molar-refractivity contribution is 14.0. The first-order valence-corrected chi connectivity index (χ1v) is 8.19. The van der Waals surface area contributed by atoms with Gasteiger partial charge >= 0.3 is 0 Å². The van der Waals surface area contributed by atoms with Crippen molar-refractivity contribution in [2.45, 2.75) is 13.1 Å². The van der Waals surface area contributed by atoms with E-state index in [1.54, 1.807) is 21.3 Å². The molecule has 0 radical (unpaired) electrons. The van der Waals surface area contributed by atoms with Crippen molar-refractivity contribution < 1.29 is 23.0 Å². The Balaban J connectivity index is 0.00000392. The number of rotatable bonds is 7. The first kappa shape index (κ1) is 23.7. The number of nitrogens with one attached hydrogen (secondary N) is 2. The first-order valence-electron chi connectivity index (χ1n) is 8.19. The Morgan fingerprint density at radius 1 is 0.929 bits per heavy atom. The second-order valence-electron chi connectivity index (χ2n) is 5.55. The van der Waals surface area contributed by atoms with E-state index < -0.39 is 11.6 Å². The number of hydrogen-bond donors (Lipinski definition) is 2. The second-order valence-corrected chi connectivity index (χ2v) is 5.55. The first-order chi connectivity index (χ1) is 13.0. The topological polar surface area (TPSA) is 64.1 Å².